The van der Waals surface area contributed by atoms with Crippen molar-refractivity contribution in [3.8, 4) is 0 Å². The standard InChI is InChI=1S/C23H35N5/c1-19(18-27-14-12-26(2)13-15-27)24-17-21-16-20-8-4-5-9-22(20)25-23(21)28-10-6-3-7-11-28/h4-5,8-9,16,19,24H,3,6-7,10-15,17-18H2,1-2H3. The molecule has 1 atom stereocenters. The minimum atomic E-state index is 0.476. The van der Waals surface area contributed by atoms with E-state index in [9.17, 15) is 0 Å². The number of nitrogens with one attached hydrogen (secondary N) is 1. The normalized spacial score (nSPS) is 20.6. The van der Waals surface area contributed by atoms with Crippen LogP contribution in [-0.4, -0.2) is 73.7 Å². The van der Waals surface area contributed by atoms with Crippen LogP contribution in [0.2, 0.25) is 0 Å². The van der Waals surface area contributed by atoms with E-state index in [2.05, 4.69) is 64.3 Å². The van der Waals surface area contributed by atoms with Crippen LogP contribution in [0.3, 0.4) is 0 Å². The summed E-state index contributed by atoms with van der Waals surface area (Å²) in [5, 5.41) is 5.02. The van der Waals surface area contributed by atoms with Gasteiger partial charge in [-0.05, 0) is 45.4 Å². The summed E-state index contributed by atoms with van der Waals surface area (Å²) in [6.45, 7) is 11.3. The minimum absolute atomic E-state index is 0.476. The van der Waals surface area contributed by atoms with E-state index in [0.29, 0.717) is 6.04 Å². The average Bonchev–Trinajstić information content (AvgIpc) is 2.74. The third kappa shape index (κ3) is 4.83. The maximum Gasteiger partial charge on any atom is 0.133 e. The molecule has 0 radical (unpaired) electrons. The van der Waals surface area contributed by atoms with Gasteiger partial charge >= 0.3 is 0 Å². The number of rotatable bonds is 6. The smallest absolute Gasteiger partial charge is 0.133 e. The largest absolute Gasteiger partial charge is 0.356 e. The number of fused-ring (bicyclic) bond motifs is 1. The van der Waals surface area contributed by atoms with Crippen molar-refractivity contribution in [2.24, 2.45) is 0 Å². The summed E-state index contributed by atoms with van der Waals surface area (Å²) in [5.41, 5.74) is 2.45. The highest BCUT2D eigenvalue weighted by Gasteiger charge is 2.19. The quantitative estimate of drug-likeness (QED) is 0.832. The highest BCUT2D eigenvalue weighted by molar-refractivity contribution is 5.81. The fourth-order valence-corrected chi connectivity index (χ4v) is 4.43. The van der Waals surface area contributed by atoms with Gasteiger partial charge in [-0.1, -0.05) is 18.2 Å². The topological polar surface area (TPSA) is 34.6 Å². The van der Waals surface area contributed by atoms with Crippen LogP contribution in [0.4, 0.5) is 5.82 Å². The second kappa shape index (κ2) is 9.21. The summed E-state index contributed by atoms with van der Waals surface area (Å²) < 4.78 is 0. The number of piperidine rings is 1. The highest BCUT2D eigenvalue weighted by Crippen LogP contribution is 2.26. The van der Waals surface area contributed by atoms with Crippen molar-refractivity contribution in [1.82, 2.24) is 20.1 Å². The number of pyridine rings is 1. The van der Waals surface area contributed by atoms with Crippen molar-refractivity contribution >= 4 is 16.7 Å². The van der Waals surface area contributed by atoms with Crippen LogP contribution in [-0.2, 0) is 6.54 Å². The Morgan fingerprint density at radius 1 is 1.00 bits per heavy atom. The van der Waals surface area contributed by atoms with Crippen molar-refractivity contribution in [2.75, 3.05) is 57.8 Å². The minimum Gasteiger partial charge on any atom is -0.356 e. The molecule has 0 amide bonds. The molecule has 1 N–H and O–H groups in total. The molecule has 1 unspecified atom stereocenters. The number of hydrogen-bond acceptors (Lipinski definition) is 5. The van der Waals surface area contributed by atoms with E-state index in [0.717, 1.165) is 31.7 Å². The van der Waals surface area contributed by atoms with Gasteiger partial charge in [-0.2, -0.15) is 0 Å². The van der Waals surface area contributed by atoms with E-state index in [4.69, 9.17) is 4.98 Å². The second-order valence-electron chi connectivity index (χ2n) is 8.60. The lowest BCUT2D eigenvalue weighted by atomic mass is 10.1. The summed E-state index contributed by atoms with van der Waals surface area (Å²) in [6.07, 6.45) is 3.90. The third-order valence-electron chi connectivity index (χ3n) is 6.20. The van der Waals surface area contributed by atoms with Crippen LogP contribution in [0.15, 0.2) is 30.3 Å². The Morgan fingerprint density at radius 3 is 2.54 bits per heavy atom. The predicted molar refractivity (Wildman–Crippen MR) is 118 cm³/mol. The number of benzene rings is 1. The molecule has 2 aromatic rings. The molecule has 0 spiro atoms. The van der Waals surface area contributed by atoms with Gasteiger partial charge in [0.05, 0.1) is 5.52 Å². The van der Waals surface area contributed by atoms with Crippen molar-refractivity contribution in [1.29, 1.82) is 0 Å². The molecule has 2 aliphatic rings. The van der Waals surface area contributed by atoms with E-state index < -0.39 is 0 Å². The SMILES string of the molecule is CC(CN1CCN(C)CC1)NCc1cc2ccccc2nc1N1CCCCC1. The molecule has 0 bridgehead atoms. The van der Waals surface area contributed by atoms with E-state index in [1.807, 2.05) is 0 Å². The fraction of sp³-hybridized carbons (Fsp3) is 0.609. The maximum absolute atomic E-state index is 5.07. The van der Waals surface area contributed by atoms with Crippen molar-refractivity contribution in [3.05, 3.63) is 35.9 Å². The van der Waals surface area contributed by atoms with Crippen molar-refractivity contribution < 1.29 is 0 Å². The predicted octanol–water partition coefficient (Wildman–Crippen LogP) is 2.95. The molecule has 2 saturated heterocycles. The van der Waals surface area contributed by atoms with Gasteiger partial charge in [-0.15, -0.1) is 0 Å². The zero-order valence-corrected chi connectivity index (χ0v) is 17.5. The lowest BCUT2D eigenvalue weighted by Gasteiger charge is -2.34. The summed E-state index contributed by atoms with van der Waals surface area (Å²) in [6, 6.07) is 11.3. The van der Waals surface area contributed by atoms with Gasteiger partial charge in [-0.3, -0.25) is 4.90 Å². The van der Waals surface area contributed by atoms with Crippen LogP contribution in [0.5, 0.6) is 0 Å². The number of piperazine rings is 1. The Hall–Kier alpha value is -1.69. The monoisotopic (exact) mass is 381 g/mol. The molecule has 4 rings (SSSR count). The first kappa shape index (κ1) is 19.6. The summed E-state index contributed by atoms with van der Waals surface area (Å²) in [7, 11) is 2.22. The Balaban J connectivity index is 1.45. The highest BCUT2D eigenvalue weighted by atomic mass is 15.3. The molecule has 3 heterocycles. The van der Waals surface area contributed by atoms with E-state index in [-0.39, 0.29) is 0 Å². The first-order valence-corrected chi connectivity index (χ1v) is 11.0. The van der Waals surface area contributed by atoms with Gasteiger partial charge in [0, 0.05) is 69.3 Å². The zero-order chi connectivity index (χ0) is 19.3. The maximum atomic E-state index is 5.07. The van der Waals surface area contributed by atoms with Crippen molar-refractivity contribution in [3.63, 3.8) is 0 Å². The Morgan fingerprint density at radius 2 is 1.75 bits per heavy atom. The van der Waals surface area contributed by atoms with Crippen molar-refractivity contribution in [2.45, 2.75) is 38.8 Å². The van der Waals surface area contributed by atoms with Gasteiger partial charge in [0.15, 0.2) is 0 Å². The Labute approximate surface area is 169 Å². The lowest BCUT2D eigenvalue weighted by Crippen LogP contribution is -2.48. The first-order chi connectivity index (χ1) is 13.7. The van der Waals surface area contributed by atoms with Crippen LogP contribution >= 0.6 is 0 Å². The molecule has 5 heteroatoms. The molecule has 0 saturated carbocycles. The molecule has 0 aliphatic carbocycles. The van der Waals surface area contributed by atoms with E-state index in [1.165, 1.54) is 62.2 Å². The van der Waals surface area contributed by atoms with Gasteiger partial charge < -0.3 is 15.1 Å². The number of para-hydroxylation sites is 1. The molecule has 152 valence electrons. The molecular formula is C23H35N5. The second-order valence-corrected chi connectivity index (χ2v) is 8.60. The molecule has 1 aromatic heterocycles. The van der Waals surface area contributed by atoms with Crippen LogP contribution in [0, 0.1) is 0 Å². The zero-order valence-electron chi connectivity index (χ0n) is 17.5. The number of hydrogen-bond donors (Lipinski definition) is 1. The number of anilines is 1. The Kier molecular flexibility index (Phi) is 6.45. The first-order valence-electron chi connectivity index (χ1n) is 11.0. The summed E-state index contributed by atoms with van der Waals surface area (Å²) in [5.74, 6) is 1.19. The van der Waals surface area contributed by atoms with Crippen LogP contribution in [0.1, 0.15) is 31.7 Å². The fourth-order valence-electron chi connectivity index (χ4n) is 4.43. The third-order valence-corrected chi connectivity index (χ3v) is 6.20. The van der Waals surface area contributed by atoms with Crippen LogP contribution < -0.4 is 10.2 Å². The number of aromatic nitrogens is 1. The van der Waals surface area contributed by atoms with Gasteiger partial charge in [-0.25, -0.2) is 4.98 Å². The molecule has 28 heavy (non-hydrogen) atoms. The summed E-state index contributed by atoms with van der Waals surface area (Å²) in [4.78, 5) is 12.6. The van der Waals surface area contributed by atoms with Gasteiger partial charge in [0.25, 0.3) is 0 Å². The summed E-state index contributed by atoms with van der Waals surface area (Å²) >= 11 is 0. The molecule has 2 aliphatic heterocycles. The molecule has 1 aromatic carbocycles. The van der Waals surface area contributed by atoms with Crippen LogP contribution in [0.25, 0.3) is 10.9 Å². The van der Waals surface area contributed by atoms with Gasteiger partial charge in [0.2, 0.25) is 0 Å². The lowest BCUT2D eigenvalue weighted by molar-refractivity contribution is 0.144. The number of likely N-dealkylation sites (N-methyl/N-ethyl adjacent to an activating group) is 1. The Bertz CT molecular complexity index is 763. The molecular weight excluding hydrogens is 346 g/mol. The van der Waals surface area contributed by atoms with E-state index >= 15 is 0 Å². The molecule has 2 fully saturated rings. The number of nitrogens with zero attached hydrogens (tertiary/aromatic N) is 4. The molecule has 5 nitrogen and oxygen atoms in total. The van der Waals surface area contributed by atoms with Gasteiger partial charge in [0.1, 0.15) is 5.82 Å². The van der Waals surface area contributed by atoms with E-state index in [1.54, 1.807) is 0 Å². The average molecular weight is 382 g/mol.